The van der Waals surface area contributed by atoms with Crippen molar-refractivity contribution >= 4 is 17.1 Å². The highest BCUT2D eigenvalue weighted by molar-refractivity contribution is 7.14. The molecular weight excluding hydrogens is 232 g/mol. The quantitative estimate of drug-likeness (QED) is 0.702. The maximum atomic E-state index is 12.1. The monoisotopic (exact) mass is 244 g/mol. The van der Waals surface area contributed by atoms with Crippen molar-refractivity contribution in [3.05, 3.63) is 45.8 Å². The first-order valence-corrected chi connectivity index (χ1v) is 6.36. The zero-order valence-electron chi connectivity index (χ0n) is 9.74. The van der Waals surface area contributed by atoms with Gasteiger partial charge in [-0.2, -0.15) is 0 Å². The number of carbonyl (C=O) groups excluding carboxylic acids is 1. The van der Waals surface area contributed by atoms with E-state index >= 15 is 0 Å². The van der Waals surface area contributed by atoms with Gasteiger partial charge in [-0.3, -0.25) is 4.79 Å². The summed E-state index contributed by atoms with van der Waals surface area (Å²) >= 11 is 1.53. The Morgan fingerprint density at radius 3 is 2.88 bits per heavy atom. The zero-order chi connectivity index (χ0) is 12.0. The van der Waals surface area contributed by atoms with E-state index in [9.17, 15) is 4.79 Å². The standard InChI is InChI=1S/C14H12O2S/c1-8-3-4-10-7-12(15)11-6-9(2)17-14(11)16-13(10)5-8/h3-6H,7H2,1-2H3. The van der Waals surface area contributed by atoms with E-state index in [-0.39, 0.29) is 5.78 Å². The molecule has 2 aromatic rings. The SMILES string of the molecule is Cc1ccc2c(c1)Oc1sc(C)cc1C(=O)C2. The van der Waals surface area contributed by atoms with Gasteiger partial charge in [-0.1, -0.05) is 12.1 Å². The van der Waals surface area contributed by atoms with Crippen molar-refractivity contribution in [3.63, 3.8) is 0 Å². The first-order valence-electron chi connectivity index (χ1n) is 5.54. The first-order chi connectivity index (χ1) is 8.13. The van der Waals surface area contributed by atoms with Crippen LogP contribution in [-0.4, -0.2) is 5.78 Å². The average Bonchev–Trinajstić information content (AvgIpc) is 2.58. The van der Waals surface area contributed by atoms with Gasteiger partial charge >= 0.3 is 0 Å². The van der Waals surface area contributed by atoms with E-state index in [1.807, 2.05) is 38.1 Å². The number of fused-ring (bicyclic) bond motifs is 2. The maximum Gasteiger partial charge on any atom is 0.192 e. The largest absolute Gasteiger partial charge is 0.446 e. The summed E-state index contributed by atoms with van der Waals surface area (Å²) in [6.45, 7) is 4.02. The molecule has 0 radical (unpaired) electrons. The molecule has 2 nitrogen and oxygen atoms in total. The number of Topliss-reactive ketones (excluding diaryl/α,β-unsaturated/α-hetero) is 1. The molecule has 0 saturated heterocycles. The summed E-state index contributed by atoms with van der Waals surface area (Å²) in [7, 11) is 0. The molecule has 3 heteroatoms. The average molecular weight is 244 g/mol. The highest BCUT2D eigenvalue weighted by Crippen LogP contribution is 2.39. The molecule has 1 aromatic heterocycles. The van der Waals surface area contributed by atoms with E-state index in [0.29, 0.717) is 6.42 Å². The Morgan fingerprint density at radius 2 is 2.06 bits per heavy atom. The number of carbonyl (C=O) groups is 1. The molecule has 0 bridgehead atoms. The number of ketones is 1. The van der Waals surface area contributed by atoms with Gasteiger partial charge in [-0.05, 0) is 31.5 Å². The first kappa shape index (κ1) is 10.5. The number of hydrogen-bond acceptors (Lipinski definition) is 3. The van der Waals surface area contributed by atoms with E-state index < -0.39 is 0 Å². The number of aryl methyl sites for hydroxylation is 2. The normalized spacial score (nSPS) is 13.6. The van der Waals surface area contributed by atoms with Crippen molar-refractivity contribution in [2.24, 2.45) is 0 Å². The van der Waals surface area contributed by atoms with Gasteiger partial charge in [0.2, 0.25) is 0 Å². The third-order valence-corrected chi connectivity index (χ3v) is 3.83. The van der Waals surface area contributed by atoms with Crippen LogP contribution >= 0.6 is 11.3 Å². The Kier molecular flexibility index (Phi) is 2.30. The Hall–Kier alpha value is -1.61. The third-order valence-electron chi connectivity index (χ3n) is 2.90. The molecular formula is C14H12O2S. The Balaban J connectivity index is 2.16. The lowest BCUT2D eigenvalue weighted by Gasteiger charge is -2.06. The van der Waals surface area contributed by atoms with Crippen LogP contribution in [0.1, 0.15) is 26.4 Å². The van der Waals surface area contributed by atoms with Crippen molar-refractivity contribution in [2.45, 2.75) is 20.3 Å². The van der Waals surface area contributed by atoms with Crippen LogP contribution in [0.4, 0.5) is 0 Å². The van der Waals surface area contributed by atoms with Crippen LogP contribution < -0.4 is 4.74 Å². The molecule has 0 saturated carbocycles. The molecule has 0 atom stereocenters. The van der Waals surface area contributed by atoms with E-state index in [0.717, 1.165) is 32.4 Å². The lowest BCUT2D eigenvalue weighted by Crippen LogP contribution is -2.00. The molecule has 0 aliphatic carbocycles. The van der Waals surface area contributed by atoms with Gasteiger partial charge in [0.25, 0.3) is 0 Å². The number of ether oxygens (including phenoxy) is 1. The minimum absolute atomic E-state index is 0.145. The smallest absolute Gasteiger partial charge is 0.192 e. The van der Waals surface area contributed by atoms with Crippen LogP contribution in [-0.2, 0) is 6.42 Å². The third kappa shape index (κ3) is 1.76. The minimum Gasteiger partial charge on any atom is -0.446 e. The van der Waals surface area contributed by atoms with Crippen LogP contribution in [0.15, 0.2) is 24.3 Å². The molecule has 0 amide bonds. The molecule has 1 aliphatic heterocycles. The topological polar surface area (TPSA) is 26.3 Å². The molecule has 2 heterocycles. The minimum atomic E-state index is 0.145. The summed E-state index contributed by atoms with van der Waals surface area (Å²) in [6.07, 6.45) is 0.429. The van der Waals surface area contributed by atoms with E-state index in [1.165, 1.54) is 11.3 Å². The lowest BCUT2D eigenvalue weighted by atomic mass is 10.0. The summed E-state index contributed by atoms with van der Waals surface area (Å²) in [5.41, 5.74) is 2.84. The number of thiophene rings is 1. The van der Waals surface area contributed by atoms with Gasteiger partial charge in [-0.25, -0.2) is 0 Å². The molecule has 0 unspecified atom stereocenters. The van der Waals surface area contributed by atoms with E-state index in [1.54, 1.807) is 0 Å². The van der Waals surface area contributed by atoms with Gasteiger partial charge in [0.05, 0.1) is 5.56 Å². The van der Waals surface area contributed by atoms with E-state index in [4.69, 9.17) is 4.74 Å². The summed E-state index contributed by atoms with van der Waals surface area (Å²) in [6, 6.07) is 7.90. The van der Waals surface area contributed by atoms with Crippen molar-refractivity contribution in [3.8, 4) is 10.8 Å². The Bertz CT molecular complexity index is 611. The van der Waals surface area contributed by atoms with Gasteiger partial charge in [-0.15, -0.1) is 11.3 Å². The van der Waals surface area contributed by atoms with Crippen LogP contribution in [0.2, 0.25) is 0 Å². The fraction of sp³-hybridized carbons (Fsp3) is 0.214. The molecule has 0 spiro atoms. The van der Waals surface area contributed by atoms with Gasteiger partial charge in [0, 0.05) is 16.9 Å². The molecule has 86 valence electrons. The van der Waals surface area contributed by atoms with Crippen molar-refractivity contribution in [1.29, 1.82) is 0 Å². The van der Waals surface area contributed by atoms with Crippen LogP contribution in [0.25, 0.3) is 0 Å². The summed E-state index contributed by atoms with van der Waals surface area (Å²) in [5, 5.41) is 0.733. The maximum absolute atomic E-state index is 12.1. The van der Waals surface area contributed by atoms with Crippen molar-refractivity contribution in [1.82, 2.24) is 0 Å². The summed E-state index contributed by atoms with van der Waals surface area (Å²) < 4.78 is 5.87. The van der Waals surface area contributed by atoms with Crippen molar-refractivity contribution in [2.75, 3.05) is 0 Å². The number of rotatable bonds is 0. The van der Waals surface area contributed by atoms with Crippen LogP contribution in [0.3, 0.4) is 0 Å². The second kappa shape index (κ2) is 3.70. The molecule has 0 N–H and O–H groups in total. The second-order valence-electron chi connectivity index (χ2n) is 4.37. The fourth-order valence-electron chi connectivity index (χ4n) is 2.03. The molecule has 1 aliphatic rings. The molecule has 1 aromatic carbocycles. The second-order valence-corrected chi connectivity index (χ2v) is 5.59. The summed E-state index contributed by atoms with van der Waals surface area (Å²) in [5.74, 6) is 0.964. The lowest BCUT2D eigenvalue weighted by molar-refractivity contribution is 0.0994. The van der Waals surface area contributed by atoms with Crippen molar-refractivity contribution < 1.29 is 9.53 Å². The van der Waals surface area contributed by atoms with Gasteiger partial charge in [0.15, 0.2) is 10.8 Å². The number of hydrogen-bond donors (Lipinski definition) is 0. The van der Waals surface area contributed by atoms with Crippen LogP contribution in [0.5, 0.6) is 10.8 Å². The Morgan fingerprint density at radius 1 is 1.24 bits per heavy atom. The molecule has 3 rings (SSSR count). The fourth-order valence-corrected chi connectivity index (χ4v) is 2.92. The predicted octanol–water partition coefficient (Wildman–Crippen LogP) is 3.90. The number of benzene rings is 1. The Labute approximate surface area is 104 Å². The van der Waals surface area contributed by atoms with E-state index in [2.05, 4.69) is 0 Å². The molecule has 0 fully saturated rings. The van der Waals surface area contributed by atoms with Gasteiger partial charge < -0.3 is 4.74 Å². The molecule has 17 heavy (non-hydrogen) atoms. The van der Waals surface area contributed by atoms with Gasteiger partial charge in [0.1, 0.15) is 5.75 Å². The zero-order valence-corrected chi connectivity index (χ0v) is 10.6. The highest BCUT2D eigenvalue weighted by atomic mass is 32.1. The summed E-state index contributed by atoms with van der Waals surface area (Å²) in [4.78, 5) is 13.2. The highest BCUT2D eigenvalue weighted by Gasteiger charge is 2.23. The van der Waals surface area contributed by atoms with Crippen LogP contribution in [0, 0.1) is 13.8 Å². The predicted molar refractivity (Wildman–Crippen MR) is 68.3 cm³/mol.